The molecule has 0 atom stereocenters. The summed E-state index contributed by atoms with van der Waals surface area (Å²) in [5.74, 6) is 0.159. The first-order valence-electron chi connectivity index (χ1n) is 11.1. The van der Waals surface area contributed by atoms with E-state index in [0.29, 0.717) is 35.6 Å². The van der Waals surface area contributed by atoms with Gasteiger partial charge in [-0.2, -0.15) is 0 Å². The summed E-state index contributed by atoms with van der Waals surface area (Å²) in [6, 6.07) is 27.9. The Morgan fingerprint density at radius 3 is 2.12 bits per heavy atom. The molecule has 0 aliphatic heterocycles. The molecule has 6 nitrogen and oxygen atoms in total. The summed E-state index contributed by atoms with van der Waals surface area (Å²) >= 11 is 0. The van der Waals surface area contributed by atoms with E-state index in [-0.39, 0.29) is 5.91 Å². The normalized spacial score (nSPS) is 11.2. The molecule has 0 fully saturated rings. The maximum atomic E-state index is 13.2. The van der Waals surface area contributed by atoms with E-state index < -0.39 is 0 Å². The predicted molar refractivity (Wildman–Crippen MR) is 132 cm³/mol. The van der Waals surface area contributed by atoms with E-state index in [0.717, 1.165) is 29.4 Å². The van der Waals surface area contributed by atoms with E-state index in [1.807, 2.05) is 77.4 Å². The minimum atomic E-state index is -0.220. The van der Waals surface area contributed by atoms with Crippen molar-refractivity contribution in [2.45, 2.75) is 19.4 Å². The van der Waals surface area contributed by atoms with Crippen molar-refractivity contribution in [1.82, 2.24) is 19.9 Å². The van der Waals surface area contributed by atoms with Gasteiger partial charge in [0, 0.05) is 6.54 Å². The monoisotopic (exact) mass is 435 g/mol. The number of rotatable bonds is 7. The fraction of sp³-hybridized carbons (Fsp3) is 0.148. The third kappa shape index (κ3) is 4.28. The lowest BCUT2D eigenvalue weighted by Gasteiger charge is -2.08. The Balaban J connectivity index is 1.47. The highest BCUT2D eigenvalue weighted by atomic mass is 16.1. The van der Waals surface area contributed by atoms with Gasteiger partial charge in [-0.05, 0) is 36.1 Å². The van der Waals surface area contributed by atoms with Gasteiger partial charge in [-0.15, -0.1) is 0 Å². The SMILES string of the molecule is Nc1c(C(=O)NCCCc2ccccc2)c2nc3ccccc3nc2n1Cc1ccccc1. The lowest BCUT2D eigenvalue weighted by molar-refractivity contribution is 0.0955. The van der Waals surface area contributed by atoms with Crippen LogP contribution in [0.5, 0.6) is 0 Å². The van der Waals surface area contributed by atoms with Gasteiger partial charge in [0.2, 0.25) is 0 Å². The van der Waals surface area contributed by atoms with Crippen molar-refractivity contribution in [2.24, 2.45) is 0 Å². The molecule has 33 heavy (non-hydrogen) atoms. The lowest BCUT2D eigenvalue weighted by atomic mass is 10.1. The van der Waals surface area contributed by atoms with Crippen LogP contribution >= 0.6 is 0 Å². The van der Waals surface area contributed by atoms with Crippen LogP contribution in [-0.4, -0.2) is 27.0 Å². The number of nitrogens with one attached hydrogen (secondary N) is 1. The summed E-state index contributed by atoms with van der Waals surface area (Å²) < 4.78 is 1.88. The fourth-order valence-corrected chi connectivity index (χ4v) is 4.09. The Morgan fingerprint density at radius 1 is 0.818 bits per heavy atom. The molecule has 0 aliphatic carbocycles. The molecular formula is C27H25N5O. The number of para-hydroxylation sites is 2. The van der Waals surface area contributed by atoms with E-state index in [4.69, 9.17) is 15.7 Å². The zero-order chi connectivity index (χ0) is 22.6. The first kappa shape index (κ1) is 20.7. The Kier molecular flexibility index (Phi) is 5.72. The molecule has 2 heterocycles. The van der Waals surface area contributed by atoms with Crippen molar-refractivity contribution in [1.29, 1.82) is 0 Å². The number of hydrogen-bond donors (Lipinski definition) is 2. The minimum absolute atomic E-state index is 0.220. The highest BCUT2D eigenvalue weighted by Gasteiger charge is 2.23. The zero-order valence-electron chi connectivity index (χ0n) is 18.2. The second-order valence-corrected chi connectivity index (χ2v) is 8.06. The van der Waals surface area contributed by atoms with Crippen LogP contribution in [0.4, 0.5) is 5.82 Å². The fourth-order valence-electron chi connectivity index (χ4n) is 4.09. The maximum Gasteiger partial charge on any atom is 0.257 e. The van der Waals surface area contributed by atoms with Crippen molar-refractivity contribution in [3.8, 4) is 0 Å². The van der Waals surface area contributed by atoms with Crippen LogP contribution in [0, 0.1) is 0 Å². The molecular weight excluding hydrogens is 410 g/mol. The highest BCUT2D eigenvalue weighted by molar-refractivity contribution is 6.10. The van der Waals surface area contributed by atoms with Gasteiger partial charge in [0.25, 0.3) is 5.91 Å². The average Bonchev–Trinajstić information content (AvgIpc) is 3.12. The molecule has 6 heteroatoms. The number of hydrogen-bond acceptors (Lipinski definition) is 4. The number of carbonyl (C=O) groups is 1. The number of nitrogens with zero attached hydrogens (tertiary/aromatic N) is 3. The van der Waals surface area contributed by atoms with E-state index >= 15 is 0 Å². The number of carbonyl (C=O) groups excluding carboxylic acids is 1. The molecule has 0 spiro atoms. The maximum absolute atomic E-state index is 13.2. The summed E-state index contributed by atoms with van der Waals surface area (Å²) in [4.78, 5) is 22.8. The summed E-state index contributed by atoms with van der Waals surface area (Å²) in [5.41, 5.74) is 11.9. The molecule has 0 bridgehead atoms. The predicted octanol–water partition coefficient (Wildman–Crippen LogP) is 4.58. The number of amides is 1. The van der Waals surface area contributed by atoms with Crippen LogP contribution in [0.15, 0.2) is 84.9 Å². The van der Waals surface area contributed by atoms with Crippen molar-refractivity contribution >= 4 is 33.9 Å². The number of nitrogen functional groups attached to an aromatic ring is 1. The molecule has 3 aromatic carbocycles. The highest BCUT2D eigenvalue weighted by Crippen LogP contribution is 2.28. The third-order valence-corrected chi connectivity index (χ3v) is 5.77. The van der Waals surface area contributed by atoms with Crippen LogP contribution in [0.3, 0.4) is 0 Å². The van der Waals surface area contributed by atoms with Crippen LogP contribution < -0.4 is 11.1 Å². The van der Waals surface area contributed by atoms with Gasteiger partial charge in [0.05, 0.1) is 17.6 Å². The number of aryl methyl sites for hydroxylation is 1. The molecule has 0 saturated heterocycles. The third-order valence-electron chi connectivity index (χ3n) is 5.77. The number of aromatic nitrogens is 3. The molecule has 0 radical (unpaired) electrons. The number of anilines is 1. The standard InChI is InChI=1S/C27H25N5O/c28-25-23(27(33)29-17-9-14-19-10-3-1-4-11-19)24-26(31-22-16-8-7-15-21(22)30-24)32(25)18-20-12-5-2-6-13-20/h1-8,10-13,15-16H,9,14,17-18,28H2,(H,29,33). The van der Waals surface area contributed by atoms with Crippen LogP contribution in [0.2, 0.25) is 0 Å². The van der Waals surface area contributed by atoms with Crippen LogP contribution in [0.1, 0.15) is 27.9 Å². The van der Waals surface area contributed by atoms with Gasteiger partial charge < -0.3 is 15.6 Å². The molecule has 2 aromatic heterocycles. The van der Waals surface area contributed by atoms with E-state index in [1.54, 1.807) is 0 Å². The molecule has 3 N–H and O–H groups in total. The zero-order valence-corrected chi connectivity index (χ0v) is 18.2. The quantitative estimate of drug-likeness (QED) is 0.367. The smallest absolute Gasteiger partial charge is 0.257 e. The van der Waals surface area contributed by atoms with Gasteiger partial charge in [0.1, 0.15) is 16.9 Å². The molecule has 5 aromatic rings. The molecule has 0 unspecified atom stereocenters. The molecule has 0 saturated carbocycles. The Bertz CT molecular complexity index is 1410. The van der Waals surface area contributed by atoms with E-state index in [9.17, 15) is 4.79 Å². The minimum Gasteiger partial charge on any atom is -0.384 e. The Hall–Kier alpha value is -4.19. The number of benzene rings is 3. The summed E-state index contributed by atoms with van der Waals surface area (Å²) in [7, 11) is 0. The topological polar surface area (TPSA) is 85.8 Å². The van der Waals surface area contributed by atoms with Crippen molar-refractivity contribution in [3.63, 3.8) is 0 Å². The van der Waals surface area contributed by atoms with Crippen LogP contribution in [-0.2, 0) is 13.0 Å². The average molecular weight is 436 g/mol. The van der Waals surface area contributed by atoms with Crippen molar-refractivity contribution in [2.75, 3.05) is 12.3 Å². The lowest BCUT2D eigenvalue weighted by Crippen LogP contribution is -2.25. The Morgan fingerprint density at radius 2 is 1.42 bits per heavy atom. The Labute approximate surface area is 192 Å². The van der Waals surface area contributed by atoms with Gasteiger partial charge in [-0.1, -0.05) is 72.8 Å². The number of nitrogens with two attached hydrogens (primary N) is 1. The van der Waals surface area contributed by atoms with Crippen molar-refractivity contribution in [3.05, 3.63) is 102 Å². The van der Waals surface area contributed by atoms with Crippen molar-refractivity contribution < 1.29 is 4.79 Å². The van der Waals surface area contributed by atoms with Gasteiger partial charge in [-0.25, -0.2) is 9.97 Å². The van der Waals surface area contributed by atoms with Gasteiger partial charge >= 0.3 is 0 Å². The molecule has 164 valence electrons. The summed E-state index contributed by atoms with van der Waals surface area (Å²) in [5, 5.41) is 3.03. The first-order chi connectivity index (χ1) is 16.2. The van der Waals surface area contributed by atoms with Gasteiger partial charge in [-0.3, -0.25) is 4.79 Å². The van der Waals surface area contributed by atoms with E-state index in [2.05, 4.69) is 17.4 Å². The van der Waals surface area contributed by atoms with Crippen LogP contribution in [0.25, 0.3) is 22.2 Å². The molecule has 0 aliphatic rings. The number of fused-ring (bicyclic) bond motifs is 2. The molecule has 5 rings (SSSR count). The first-order valence-corrected chi connectivity index (χ1v) is 11.1. The largest absolute Gasteiger partial charge is 0.384 e. The summed E-state index contributed by atoms with van der Waals surface area (Å²) in [6.45, 7) is 1.07. The second-order valence-electron chi connectivity index (χ2n) is 8.06. The second kappa shape index (κ2) is 9.12. The van der Waals surface area contributed by atoms with Gasteiger partial charge in [0.15, 0.2) is 5.65 Å². The summed E-state index contributed by atoms with van der Waals surface area (Å²) in [6.07, 6.45) is 1.74. The molecule has 1 amide bonds. The van der Waals surface area contributed by atoms with E-state index in [1.165, 1.54) is 5.56 Å².